The first-order chi connectivity index (χ1) is 16.6. The Bertz CT molecular complexity index is 1090. The number of hydrogen-bond donors (Lipinski definition) is 0. The van der Waals surface area contributed by atoms with Gasteiger partial charge in [-0.3, -0.25) is 9.59 Å². The van der Waals surface area contributed by atoms with Gasteiger partial charge in [-0.1, -0.05) is 48.0 Å². The van der Waals surface area contributed by atoms with Gasteiger partial charge in [0, 0.05) is 36.7 Å². The lowest BCUT2D eigenvalue weighted by molar-refractivity contribution is -0.134. The molecule has 1 aliphatic heterocycles. The van der Waals surface area contributed by atoms with E-state index < -0.39 is 0 Å². The van der Waals surface area contributed by atoms with E-state index >= 15 is 0 Å². The lowest BCUT2D eigenvalue weighted by atomic mass is 9.92. The highest BCUT2D eigenvalue weighted by molar-refractivity contribution is 7.10. The van der Waals surface area contributed by atoms with Gasteiger partial charge in [0.1, 0.15) is 6.54 Å². The van der Waals surface area contributed by atoms with E-state index in [1.54, 1.807) is 28.4 Å². The summed E-state index contributed by atoms with van der Waals surface area (Å²) in [6, 6.07) is 19.6. The van der Waals surface area contributed by atoms with Gasteiger partial charge in [-0.15, -0.1) is 11.3 Å². The van der Waals surface area contributed by atoms with E-state index in [0.29, 0.717) is 38.3 Å². The molecule has 5 nitrogen and oxygen atoms in total. The van der Waals surface area contributed by atoms with Crippen molar-refractivity contribution in [3.63, 3.8) is 0 Å². The van der Waals surface area contributed by atoms with Gasteiger partial charge in [0.05, 0.1) is 6.04 Å². The van der Waals surface area contributed by atoms with Crippen LogP contribution >= 0.6 is 11.3 Å². The molecule has 2 heterocycles. The summed E-state index contributed by atoms with van der Waals surface area (Å²) in [5, 5.41) is 2.11. The molecule has 1 atom stereocenters. The molecule has 0 saturated carbocycles. The van der Waals surface area contributed by atoms with Crippen molar-refractivity contribution < 1.29 is 14.3 Å². The van der Waals surface area contributed by atoms with Gasteiger partial charge in [0.25, 0.3) is 5.91 Å². The maximum atomic E-state index is 13.7. The lowest BCUT2D eigenvalue weighted by Crippen LogP contribution is -2.47. The zero-order valence-corrected chi connectivity index (χ0v) is 20.7. The average Bonchev–Trinajstić information content (AvgIpc) is 3.35. The highest BCUT2D eigenvalue weighted by Crippen LogP contribution is 2.38. The largest absolute Gasteiger partial charge is 0.382 e. The van der Waals surface area contributed by atoms with Gasteiger partial charge in [0.15, 0.2) is 0 Å². The number of amides is 2. The van der Waals surface area contributed by atoms with Crippen molar-refractivity contribution in [1.29, 1.82) is 0 Å². The number of rotatable bonds is 9. The van der Waals surface area contributed by atoms with E-state index in [9.17, 15) is 9.59 Å². The number of nitrogens with zero attached hydrogens (tertiary/aromatic N) is 2. The molecule has 1 aromatic heterocycles. The summed E-state index contributed by atoms with van der Waals surface area (Å²) in [5.74, 6) is -0.145. The number of benzene rings is 2. The molecular weight excluding hydrogens is 444 g/mol. The van der Waals surface area contributed by atoms with Crippen molar-refractivity contribution in [3.8, 4) is 0 Å². The molecule has 6 heteroatoms. The summed E-state index contributed by atoms with van der Waals surface area (Å²) in [7, 11) is 0. The molecule has 2 aromatic carbocycles. The number of carbonyl (C=O) groups is 2. The van der Waals surface area contributed by atoms with E-state index in [1.165, 1.54) is 16.0 Å². The molecule has 34 heavy (non-hydrogen) atoms. The minimum absolute atomic E-state index is 0.0249. The molecule has 4 rings (SSSR count). The summed E-state index contributed by atoms with van der Waals surface area (Å²) >= 11 is 1.76. The summed E-state index contributed by atoms with van der Waals surface area (Å²) in [6.07, 6.45) is 1.54. The maximum absolute atomic E-state index is 13.7. The first kappa shape index (κ1) is 24.2. The molecule has 0 aliphatic carbocycles. The molecule has 178 valence electrons. The van der Waals surface area contributed by atoms with Gasteiger partial charge in [-0.05, 0) is 61.4 Å². The van der Waals surface area contributed by atoms with Crippen LogP contribution in [0.5, 0.6) is 0 Å². The number of ether oxygens (including phenoxy) is 1. The van der Waals surface area contributed by atoms with E-state index in [-0.39, 0.29) is 24.4 Å². The molecule has 0 saturated heterocycles. The highest BCUT2D eigenvalue weighted by Gasteiger charge is 2.34. The Hall–Kier alpha value is -2.96. The van der Waals surface area contributed by atoms with E-state index in [1.807, 2.05) is 30.0 Å². The Morgan fingerprint density at radius 3 is 2.59 bits per heavy atom. The summed E-state index contributed by atoms with van der Waals surface area (Å²) in [6.45, 7) is 6.42. The molecule has 1 aliphatic rings. The monoisotopic (exact) mass is 476 g/mol. The fourth-order valence-electron chi connectivity index (χ4n) is 4.46. The lowest BCUT2D eigenvalue weighted by Gasteiger charge is -2.37. The SMILES string of the molecule is CCOCCCN(CC(=O)N1CCc2sccc2C1c1ccc(C)cc1)C(=O)c1ccccc1. The van der Waals surface area contributed by atoms with Gasteiger partial charge in [-0.25, -0.2) is 0 Å². The van der Waals surface area contributed by atoms with Crippen LogP contribution in [-0.4, -0.2) is 54.5 Å². The molecule has 3 aromatic rings. The minimum Gasteiger partial charge on any atom is -0.382 e. The molecule has 1 unspecified atom stereocenters. The number of aryl methyl sites for hydroxylation is 1. The molecule has 0 spiro atoms. The summed E-state index contributed by atoms with van der Waals surface area (Å²) in [4.78, 5) is 32.0. The van der Waals surface area contributed by atoms with Crippen LogP contribution in [0.2, 0.25) is 0 Å². The van der Waals surface area contributed by atoms with Crippen LogP contribution in [0, 0.1) is 6.92 Å². The Morgan fingerprint density at radius 2 is 1.85 bits per heavy atom. The smallest absolute Gasteiger partial charge is 0.254 e. The van der Waals surface area contributed by atoms with Crippen molar-refractivity contribution in [2.75, 3.05) is 32.8 Å². The van der Waals surface area contributed by atoms with Crippen molar-refractivity contribution in [2.45, 2.75) is 32.7 Å². The normalized spacial score (nSPS) is 15.1. The van der Waals surface area contributed by atoms with Gasteiger partial charge < -0.3 is 14.5 Å². The Balaban J connectivity index is 1.57. The van der Waals surface area contributed by atoms with E-state index in [0.717, 1.165) is 12.0 Å². The van der Waals surface area contributed by atoms with Gasteiger partial charge >= 0.3 is 0 Å². The zero-order chi connectivity index (χ0) is 23.9. The predicted molar refractivity (Wildman–Crippen MR) is 136 cm³/mol. The van der Waals surface area contributed by atoms with Gasteiger partial charge in [0.2, 0.25) is 5.91 Å². The average molecular weight is 477 g/mol. The van der Waals surface area contributed by atoms with E-state index in [2.05, 4.69) is 42.6 Å². The highest BCUT2D eigenvalue weighted by atomic mass is 32.1. The Morgan fingerprint density at radius 1 is 1.09 bits per heavy atom. The van der Waals surface area contributed by atoms with Crippen LogP contribution in [0.4, 0.5) is 0 Å². The molecule has 0 N–H and O–H groups in total. The molecule has 0 bridgehead atoms. The van der Waals surface area contributed by atoms with Crippen molar-refractivity contribution in [1.82, 2.24) is 9.80 Å². The Kier molecular flexibility index (Phi) is 8.14. The molecule has 2 amide bonds. The van der Waals surface area contributed by atoms with Crippen LogP contribution in [0.25, 0.3) is 0 Å². The van der Waals surface area contributed by atoms with Gasteiger partial charge in [-0.2, -0.15) is 0 Å². The Labute approximate surface area is 206 Å². The topological polar surface area (TPSA) is 49.9 Å². The van der Waals surface area contributed by atoms with Crippen molar-refractivity contribution >= 4 is 23.2 Å². The second kappa shape index (κ2) is 11.4. The zero-order valence-electron chi connectivity index (χ0n) is 19.9. The third-order valence-electron chi connectivity index (χ3n) is 6.23. The minimum atomic E-state index is -0.125. The number of fused-ring (bicyclic) bond motifs is 1. The molecule has 0 radical (unpaired) electrons. The summed E-state index contributed by atoms with van der Waals surface area (Å²) in [5.41, 5.74) is 4.10. The van der Waals surface area contributed by atoms with E-state index in [4.69, 9.17) is 4.74 Å². The number of carbonyl (C=O) groups excluding carboxylic acids is 2. The molecule has 0 fully saturated rings. The van der Waals surface area contributed by atoms with Crippen LogP contribution in [0.15, 0.2) is 66.0 Å². The quantitative estimate of drug-likeness (QED) is 0.404. The van der Waals surface area contributed by atoms with Crippen LogP contribution < -0.4 is 0 Å². The van der Waals surface area contributed by atoms with Crippen molar-refractivity contribution in [3.05, 3.63) is 93.2 Å². The number of thiophene rings is 1. The first-order valence-corrected chi connectivity index (χ1v) is 12.8. The maximum Gasteiger partial charge on any atom is 0.254 e. The third kappa shape index (κ3) is 5.57. The molecular formula is C28H32N2O3S. The predicted octanol–water partition coefficient (Wildman–Crippen LogP) is 5.10. The summed E-state index contributed by atoms with van der Waals surface area (Å²) < 4.78 is 5.47. The second-order valence-corrected chi connectivity index (χ2v) is 9.59. The standard InChI is InChI=1S/C28H32N2O3S/c1-3-33-18-7-16-29(28(32)23-8-5-4-6-9-23)20-26(31)30-17-14-25-24(15-19-34-25)27(30)22-12-10-21(2)11-13-22/h4-6,8-13,15,19,27H,3,7,14,16-18,20H2,1-2H3. The van der Waals surface area contributed by atoms with Crippen LogP contribution in [0.3, 0.4) is 0 Å². The first-order valence-electron chi connectivity index (χ1n) is 11.9. The van der Waals surface area contributed by atoms with Crippen molar-refractivity contribution in [2.24, 2.45) is 0 Å². The fourth-order valence-corrected chi connectivity index (χ4v) is 5.37. The van der Waals surface area contributed by atoms with Crippen LogP contribution in [0.1, 0.15) is 51.3 Å². The second-order valence-electron chi connectivity index (χ2n) is 8.59. The van der Waals surface area contributed by atoms with Crippen LogP contribution in [-0.2, 0) is 16.0 Å². The number of hydrogen-bond acceptors (Lipinski definition) is 4. The third-order valence-corrected chi connectivity index (χ3v) is 7.23. The fraction of sp³-hybridized carbons (Fsp3) is 0.357.